The highest BCUT2D eigenvalue weighted by Gasteiger charge is 2.02. The second-order valence-electron chi connectivity index (χ2n) is 2.90. The molecule has 1 aromatic heterocycles. The van der Waals surface area contributed by atoms with Gasteiger partial charge in [0.25, 0.3) is 0 Å². The summed E-state index contributed by atoms with van der Waals surface area (Å²) in [6, 6.07) is 5.72. The lowest BCUT2D eigenvalue weighted by Crippen LogP contribution is -2.31. The van der Waals surface area contributed by atoms with Crippen LogP contribution in [0.15, 0.2) is 24.4 Å². The molecule has 0 radical (unpaired) electrons. The van der Waals surface area contributed by atoms with Crippen molar-refractivity contribution in [3.63, 3.8) is 0 Å². The molecule has 0 saturated heterocycles. The number of pyridine rings is 1. The maximum absolute atomic E-state index is 10.4. The summed E-state index contributed by atoms with van der Waals surface area (Å²) in [6.07, 6.45) is 2.53. The number of rotatable bonds is 5. The highest BCUT2D eigenvalue weighted by atomic mass is 32.2. The van der Waals surface area contributed by atoms with E-state index in [1.807, 2.05) is 18.2 Å². The summed E-state index contributed by atoms with van der Waals surface area (Å²) >= 11 is 1.38. The van der Waals surface area contributed by atoms with Gasteiger partial charge in [-0.05, 0) is 31.2 Å². The minimum atomic E-state index is -1.00. The summed E-state index contributed by atoms with van der Waals surface area (Å²) in [6.45, 7) is 1.64. The van der Waals surface area contributed by atoms with Gasteiger partial charge in [-0.1, -0.05) is 6.07 Å². The lowest BCUT2D eigenvalue weighted by Gasteiger charge is -2.11. The van der Waals surface area contributed by atoms with Crippen molar-refractivity contribution in [3.05, 3.63) is 30.1 Å². The molecule has 1 heterocycles. The molecule has 0 amide bonds. The Hall–Kier alpha value is -1.03. The van der Waals surface area contributed by atoms with Crippen LogP contribution < -0.4 is 5.11 Å². The van der Waals surface area contributed by atoms with Crippen LogP contribution in [0.3, 0.4) is 0 Å². The van der Waals surface area contributed by atoms with Crippen molar-refractivity contribution in [1.29, 1.82) is 0 Å². The van der Waals surface area contributed by atoms with Gasteiger partial charge < -0.3 is 9.90 Å². The Kier molecular flexibility index (Phi) is 4.46. The third-order valence-electron chi connectivity index (χ3n) is 1.78. The van der Waals surface area contributed by atoms with Gasteiger partial charge in [0.1, 0.15) is 0 Å². The van der Waals surface area contributed by atoms with E-state index in [4.69, 9.17) is 0 Å². The van der Waals surface area contributed by atoms with Gasteiger partial charge in [0, 0.05) is 17.1 Å². The number of hydrogen-bond donors (Lipinski definition) is 0. The number of carboxylic acid groups (broad SMARTS) is 1. The van der Waals surface area contributed by atoms with Crippen LogP contribution >= 0.6 is 11.8 Å². The average Bonchev–Trinajstić information content (AvgIpc) is 2.19. The monoisotopic (exact) mass is 210 g/mol. The highest BCUT2D eigenvalue weighted by molar-refractivity contribution is 8.00. The molecule has 0 aliphatic rings. The number of carboxylic acids is 1. The van der Waals surface area contributed by atoms with Crippen LogP contribution in [0.2, 0.25) is 0 Å². The molecule has 1 atom stereocenters. The lowest BCUT2D eigenvalue weighted by atomic mass is 10.3. The number of aliphatic carboxylic acids is 1. The Labute approximate surface area is 87.6 Å². The van der Waals surface area contributed by atoms with Crippen LogP contribution in [0.25, 0.3) is 0 Å². The molecule has 76 valence electrons. The fourth-order valence-electron chi connectivity index (χ4n) is 0.954. The first-order valence-electron chi connectivity index (χ1n) is 4.42. The standard InChI is InChI=1S/C10H13NO2S/c1-8(10(12)13)14-7-5-9-4-2-3-6-11-9/h2-4,6,8H,5,7H2,1H3,(H,12,13)/p-1. The minimum absolute atomic E-state index is 0.446. The van der Waals surface area contributed by atoms with E-state index in [9.17, 15) is 9.90 Å². The van der Waals surface area contributed by atoms with E-state index >= 15 is 0 Å². The highest BCUT2D eigenvalue weighted by Crippen LogP contribution is 2.11. The van der Waals surface area contributed by atoms with E-state index < -0.39 is 11.2 Å². The summed E-state index contributed by atoms with van der Waals surface area (Å²) in [5.74, 6) is -0.248. The third-order valence-corrected chi connectivity index (χ3v) is 2.92. The van der Waals surface area contributed by atoms with Crippen LogP contribution in [0.5, 0.6) is 0 Å². The molecule has 4 heteroatoms. The maximum Gasteiger partial charge on any atom is 0.0541 e. The number of nitrogens with zero attached hydrogens (tertiary/aromatic N) is 1. The number of hydrogen-bond acceptors (Lipinski definition) is 4. The van der Waals surface area contributed by atoms with Gasteiger partial charge in [0.2, 0.25) is 0 Å². The molecule has 0 bridgehead atoms. The van der Waals surface area contributed by atoms with E-state index in [-0.39, 0.29) is 0 Å². The van der Waals surface area contributed by atoms with E-state index in [0.717, 1.165) is 17.9 Å². The molecule has 0 saturated carbocycles. The Morgan fingerprint density at radius 2 is 2.43 bits per heavy atom. The summed E-state index contributed by atoms with van der Waals surface area (Å²) in [5, 5.41) is 9.95. The Morgan fingerprint density at radius 3 is 3.00 bits per heavy atom. The normalized spacial score (nSPS) is 12.4. The first-order valence-corrected chi connectivity index (χ1v) is 5.47. The van der Waals surface area contributed by atoms with Gasteiger partial charge in [-0.25, -0.2) is 0 Å². The molecule has 1 unspecified atom stereocenters. The van der Waals surface area contributed by atoms with E-state index in [1.165, 1.54) is 11.8 Å². The molecule has 14 heavy (non-hydrogen) atoms. The van der Waals surface area contributed by atoms with Crippen LogP contribution in [-0.2, 0) is 11.2 Å². The predicted octanol–water partition coefficient (Wildman–Crippen LogP) is 0.496. The van der Waals surface area contributed by atoms with Crippen molar-refractivity contribution in [2.75, 3.05) is 5.75 Å². The van der Waals surface area contributed by atoms with Crippen LogP contribution in [0, 0.1) is 0 Å². The molecule has 3 nitrogen and oxygen atoms in total. The second-order valence-corrected chi connectivity index (χ2v) is 4.35. The average molecular weight is 210 g/mol. The summed E-state index contributed by atoms with van der Waals surface area (Å²) in [5.41, 5.74) is 0.991. The van der Waals surface area contributed by atoms with Crippen molar-refractivity contribution in [3.8, 4) is 0 Å². The predicted molar refractivity (Wildman–Crippen MR) is 54.9 cm³/mol. The molecule has 0 fully saturated rings. The maximum atomic E-state index is 10.4. The zero-order valence-electron chi connectivity index (χ0n) is 7.97. The van der Waals surface area contributed by atoms with Crippen LogP contribution in [0.1, 0.15) is 12.6 Å². The molecule has 0 aliphatic carbocycles. The summed E-state index contributed by atoms with van der Waals surface area (Å²) in [4.78, 5) is 14.5. The van der Waals surface area contributed by atoms with Crippen molar-refractivity contribution >= 4 is 17.7 Å². The number of aromatic nitrogens is 1. The Balaban J connectivity index is 2.26. The third kappa shape index (κ3) is 3.79. The molecular weight excluding hydrogens is 198 g/mol. The summed E-state index contributed by atoms with van der Waals surface area (Å²) in [7, 11) is 0. The molecule has 0 spiro atoms. The van der Waals surface area contributed by atoms with Crippen molar-refractivity contribution in [1.82, 2.24) is 4.98 Å². The molecule has 0 N–H and O–H groups in total. The van der Waals surface area contributed by atoms with E-state index in [1.54, 1.807) is 13.1 Å². The zero-order valence-corrected chi connectivity index (χ0v) is 8.79. The second kappa shape index (κ2) is 5.65. The first kappa shape index (κ1) is 11.0. The number of aryl methyl sites for hydroxylation is 1. The van der Waals surface area contributed by atoms with E-state index in [2.05, 4.69) is 4.98 Å². The lowest BCUT2D eigenvalue weighted by molar-refractivity contribution is -0.304. The largest absolute Gasteiger partial charge is 0.549 e. The van der Waals surface area contributed by atoms with Gasteiger partial charge >= 0.3 is 0 Å². The summed E-state index contributed by atoms with van der Waals surface area (Å²) < 4.78 is 0. The van der Waals surface area contributed by atoms with Crippen LogP contribution in [-0.4, -0.2) is 22.0 Å². The number of thioether (sulfide) groups is 1. The smallest absolute Gasteiger partial charge is 0.0541 e. The quantitative estimate of drug-likeness (QED) is 0.710. The fraction of sp³-hybridized carbons (Fsp3) is 0.400. The molecule has 0 aromatic carbocycles. The van der Waals surface area contributed by atoms with Crippen molar-refractivity contribution in [2.24, 2.45) is 0 Å². The van der Waals surface area contributed by atoms with Gasteiger partial charge in [-0.3, -0.25) is 4.98 Å². The molecule has 1 aromatic rings. The van der Waals surface area contributed by atoms with Gasteiger partial charge in [-0.15, -0.1) is 0 Å². The fourth-order valence-corrected chi connectivity index (χ4v) is 1.77. The van der Waals surface area contributed by atoms with Crippen molar-refractivity contribution in [2.45, 2.75) is 18.6 Å². The SMILES string of the molecule is CC(SCCc1ccccn1)C(=O)[O-]. The van der Waals surface area contributed by atoms with Crippen LogP contribution in [0.4, 0.5) is 0 Å². The number of carbonyl (C=O) groups is 1. The Bertz CT molecular complexity index is 289. The zero-order chi connectivity index (χ0) is 10.4. The molecule has 0 aliphatic heterocycles. The minimum Gasteiger partial charge on any atom is -0.549 e. The van der Waals surface area contributed by atoms with E-state index in [0.29, 0.717) is 0 Å². The van der Waals surface area contributed by atoms with Gasteiger partial charge in [-0.2, -0.15) is 11.8 Å². The Morgan fingerprint density at radius 1 is 1.64 bits per heavy atom. The number of carbonyl (C=O) groups excluding carboxylic acids is 1. The van der Waals surface area contributed by atoms with Gasteiger partial charge in [0.05, 0.1) is 5.97 Å². The topological polar surface area (TPSA) is 53.0 Å². The van der Waals surface area contributed by atoms with Gasteiger partial charge in [0.15, 0.2) is 0 Å². The first-order chi connectivity index (χ1) is 6.70. The molecule has 1 rings (SSSR count). The molecular formula is C10H12NO2S-. The van der Waals surface area contributed by atoms with Crippen molar-refractivity contribution < 1.29 is 9.90 Å².